The van der Waals surface area contributed by atoms with Gasteiger partial charge in [0.15, 0.2) is 11.6 Å². The van der Waals surface area contributed by atoms with Crippen LogP contribution in [0.3, 0.4) is 0 Å². The number of nitrogens with zero attached hydrogens (tertiary/aromatic N) is 1. The number of hydrogen-bond donors (Lipinski definition) is 2. The van der Waals surface area contributed by atoms with E-state index < -0.39 is 41.3 Å². The predicted octanol–water partition coefficient (Wildman–Crippen LogP) is 4.26. The molecule has 0 radical (unpaired) electrons. The number of nitrogens with one attached hydrogen (secondary N) is 2. The monoisotopic (exact) mass is 461 g/mol. The molecule has 0 saturated carbocycles. The molecular formula is C19H16ClF4N3O4. The quantitative estimate of drug-likeness (QED) is 0.652. The summed E-state index contributed by atoms with van der Waals surface area (Å²) in [6, 6.07) is 3.15. The minimum absolute atomic E-state index is 0.0275. The number of anilines is 1. The van der Waals surface area contributed by atoms with E-state index >= 15 is 0 Å². The van der Waals surface area contributed by atoms with E-state index in [1.54, 1.807) is 0 Å². The summed E-state index contributed by atoms with van der Waals surface area (Å²) in [6.07, 6.45) is -4.60. The van der Waals surface area contributed by atoms with E-state index in [9.17, 15) is 27.2 Å². The fraction of sp³-hybridized carbons (Fsp3) is 0.263. The van der Waals surface area contributed by atoms with Crippen LogP contribution in [0.1, 0.15) is 5.56 Å². The molecule has 1 saturated heterocycles. The van der Waals surface area contributed by atoms with Gasteiger partial charge in [-0.25, -0.2) is 9.18 Å². The second-order valence-electron chi connectivity index (χ2n) is 6.53. The van der Waals surface area contributed by atoms with Gasteiger partial charge in [-0.05, 0) is 18.2 Å². The zero-order chi connectivity index (χ0) is 22.9. The lowest BCUT2D eigenvalue weighted by Crippen LogP contribution is -2.40. The summed E-state index contributed by atoms with van der Waals surface area (Å²) in [5.41, 5.74) is -0.962. The highest BCUT2D eigenvalue weighted by Gasteiger charge is 2.34. The molecule has 1 aliphatic rings. The Balaban J connectivity index is 1.87. The van der Waals surface area contributed by atoms with Gasteiger partial charge in [0.2, 0.25) is 5.91 Å². The van der Waals surface area contributed by atoms with Gasteiger partial charge >= 0.3 is 12.2 Å². The SMILES string of the molecule is COc1cc(F)c(Oc2ccc(C(F)(F)F)cc2Cl)cc1NC(=O)C1CNC(=O)N1C. The fourth-order valence-corrected chi connectivity index (χ4v) is 3.05. The number of likely N-dealkylation sites (N-methyl/N-ethyl adjacent to an activating group) is 1. The van der Waals surface area contributed by atoms with Crippen LogP contribution in [-0.2, 0) is 11.0 Å². The van der Waals surface area contributed by atoms with Crippen molar-refractivity contribution in [1.82, 2.24) is 10.2 Å². The Hall–Kier alpha value is -3.21. The molecular weight excluding hydrogens is 446 g/mol. The summed E-state index contributed by atoms with van der Waals surface area (Å²) < 4.78 is 63.2. The van der Waals surface area contributed by atoms with Gasteiger partial charge in [-0.3, -0.25) is 4.79 Å². The molecule has 0 bridgehead atoms. The average molecular weight is 462 g/mol. The Morgan fingerprint density at radius 2 is 1.94 bits per heavy atom. The first kappa shape index (κ1) is 22.5. The largest absolute Gasteiger partial charge is 0.494 e. The lowest BCUT2D eigenvalue weighted by atomic mass is 10.2. The molecule has 1 atom stereocenters. The first-order valence-electron chi connectivity index (χ1n) is 8.75. The number of methoxy groups -OCH3 is 1. The highest BCUT2D eigenvalue weighted by atomic mass is 35.5. The van der Waals surface area contributed by atoms with Crippen LogP contribution in [0, 0.1) is 5.82 Å². The third kappa shape index (κ3) is 4.76. The van der Waals surface area contributed by atoms with Crippen LogP contribution in [0.4, 0.5) is 28.0 Å². The van der Waals surface area contributed by atoms with Crippen molar-refractivity contribution < 1.29 is 36.6 Å². The number of amides is 3. The van der Waals surface area contributed by atoms with Crippen molar-refractivity contribution in [2.75, 3.05) is 26.0 Å². The number of urea groups is 1. The van der Waals surface area contributed by atoms with Crippen LogP contribution < -0.4 is 20.1 Å². The van der Waals surface area contributed by atoms with Gasteiger partial charge in [0.25, 0.3) is 0 Å². The van der Waals surface area contributed by atoms with Crippen molar-refractivity contribution >= 4 is 29.2 Å². The number of hydrogen-bond acceptors (Lipinski definition) is 4. The molecule has 12 heteroatoms. The number of rotatable bonds is 5. The van der Waals surface area contributed by atoms with E-state index in [1.165, 1.54) is 19.1 Å². The highest BCUT2D eigenvalue weighted by molar-refractivity contribution is 6.32. The normalized spacial score (nSPS) is 16.2. The third-order valence-electron chi connectivity index (χ3n) is 4.53. The van der Waals surface area contributed by atoms with Gasteiger partial charge in [-0.1, -0.05) is 11.6 Å². The van der Waals surface area contributed by atoms with Crippen LogP contribution in [0.2, 0.25) is 5.02 Å². The predicted molar refractivity (Wildman–Crippen MR) is 103 cm³/mol. The molecule has 2 N–H and O–H groups in total. The van der Waals surface area contributed by atoms with Crippen LogP contribution in [-0.4, -0.2) is 43.6 Å². The zero-order valence-corrected chi connectivity index (χ0v) is 16.9. The molecule has 2 aromatic carbocycles. The molecule has 0 aliphatic carbocycles. The molecule has 31 heavy (non-hydrogen) atoms. The van der Waals surface area contributed by atoms with Crippen molar-refractivity contribution in [3.63, 3.8) is 0 Å². The van der Waals surface area contributed by atoms with Crippen LogP contribution in [0.15, 0.2) is 30.3 Å². The first-order chi connectivity index (χ1) is 14.5. The van der Waals surface area contributed by atoms with Crippen molar-refractivity contribution in [1.29, 1.82) is 0 Å². The summed E-state index contributed by atoms with van der Waals surface area (Å²) in [4.78, 5) is 25.3. The number of benzene rings is 2. The van der Waals surface area contributed by atoms with E-state index in [1.807, 2.05) is 0 Å². The van der Waals surface area contributed by atoms with Gasteiger partial charge in [0, 0.05) is 25.7 Å². The van der Waals surface area contributed by atoms with E-state index in [-0.39, 0.29) is 28.8 Å². The topological polar surface area (TPSA) is 79.9 Å². The van der Waals surface area contributed by atoms with Crippen molar-refractivity contribution in [3.05, 3.63) is 46.7 Å². The molecule has 1 aliphatic heterocycles. The lowest BCUT2D eigenvalue weighted by molar-refractivity contribution is -0.137. The van der Waals surface area contributed by atoms with Crippen LogP contribution in [0.25, 0.3) is 0 Å². The minimum atomic E-state index is -4.60. The zero-order valence-electron chi connectivity index (χ0n) is 16.1. The van der Waals surface area contributed by atoms with Gasteiger partial charge in [-0.15, -0.1) is 0 Å². The summed E-state index contributed by atoms with van der Waals surface area (Å²) in [5.74, 6) is -2.13. The number of alkyl halides is 3. The van der Waals surface area contributed by atoms with Gasteiger partial charge in [0.1, 0.15) is 17.5 Å². The van der Waals surface area contributed by atoms with Crippen molar-refractivity contribution in [2.24, 2.45) is 0 Å². The standard InChI is InChI=1S/C19H16ClF4N3O4/c1-27-13(8-25-18(27)29)17(28)26-12-7-15(11(21)6-16(12)30-2)31-14-4-3-9(5-10(14)20)19(22,23)24/h3-7,13H,8H2,1-2H3,(H,25,29)(H,26,28). The Bertz CT molecular complexity index is 1030. The maximum atomic E-state index is 14.5. The Labute approximate surface area is 178 Å². The molecule has 1 heterocycles. The highest BCUT2D eigenvalue weighted by Crippen LogP contribution is 2.39. The number of halogens is 5. The number of carbonyl (C=O) groups is 2. The van der Waals surface area contributed by atoms with Gasteiger partial charge in [-0.2, -0.15) is 13.2 Å². The summed E-state index contributed by atoms with van der Waals surface area (Å²) in [5, 5.41) is 4.65. The maximum Gasteiger partial charge on any atom is 0.416 e. The Morgan fingerprint density at radius 3 is 2.48 bits per heavy atom. The number of carbonyl (C=O) groups excluding carboxylic acids is 2. The summed E-state index contributed by atoms with van der Waals surface area (Å²) >= 11 is 5.85. The number of ether oxygens (including phenoxy) is 2. The summed E-state index contributed by atoms with van der Waals surface area (Å²) in [7, 11) is 2.69. The molecule has 3 rings (SSSR count). The fourth-order valence-electron chi connectivity index (χ4n) is 2.83. The molecule has 1 unspecified atom stereocenters. The van der Waals surface area contributed by atoms with E-state index in [4.69, 9.17) is 21.1 Å². The van der Waals surface area contributed by atoms with E-state index in [0.717, 1.165) is 24.3 Å². The molecule has 166 valence electrons. The van der Waals surface area contributed by atoms with Crippen LogP contribution in [0.5, 0.6) is 17.2 Å². The molecule has 7 nitrogen and oxygen atoms in total. The molecule has 2 aromatic rings. The molecule has 0 aromatic heterocycles. The average Bonchev–Trinajstić information content (AvgIpc) is 3.03. The third-order valence-corrected chi connectivity index (χ3v) is 4.82. The molecule has 3 amide bonds. The maximum absolute atomic E-state index is 14.5. The lowest BCUT2D eigenvalue weighted by Gasteiger charge is -2.19. The smallest absolute Gasteiger partial charge is 0.416 e. The van der Waals surface area contributed by atoms with Crippen molar-refractivity contribution in [3.8, 4) is 17.2 Å². The summed E-state index contributed by atoms with van der Waals surface area (Å²) in [6.45, 7) is 0.0786. The molecule has 0 spiro atoms. The second kappa shape index (κ2) is 8.50. The van der Waals surface area contributed by atoms with E-state index in [0.29, 0.717) is 6.07 Å². The van der Waals surface area contributed by atoms with Crippen molar-refractivity contribution in [2.45, 2.75) is 12.2 Å². The molecule has 1 fully saturated rings. The first-order valence-corrected chi connectivity index (χ1v) is 9.12. The van der Waals surface area contributed by atoms with E-state index in [2.05, 4.69) is 10.6 Å². The van der Waals surface area contributed by atoms with Crippen LogP contribution >= 0.6 is 11.6 Å². The Morgan fingerprint density at radius 1 is 1.23 bits per heavy atom. The second-order valence-corrected chi connectivity index (χ2v) is 6.94. The minimum Gasteiger partial charge on any atom is -0.494 e. The van der Waals surface area contributed by atoms with Gasteiger partial charge in [0.05, 0.1) is 23.4 Å². The van der Waals surface area contributed by atoms with Gasteiger partial charge < -0.3 is 25.0 Å². The Kier molecular flexibility index (Phi) is 6.16.